The van der Waals surface area contributed by atoms with Crippen molar-refractivity contribution in [2.75, 3.05) is 6.61 Å². The molecule has 0 aliphatic carbocycles. The lowest BCUT2D eigenvalue weighted by atomic mass is 10.3. The number of nitro benzene ring substituents is 1. The molecule has 0 spiro atoms. The van der Waals surface area contributed by atoms with Gasteiger partial charge in [-0.05, 0) is 42.5 Å². The summed E-state index contributed by atoms with van der Waals surface area (Å²) < 4.78 is 28.7. The van der Waals surface area contributed by atoms with E-state index in [-0.39, 0.29) is 23.8 Å². The minimum absolute atomic E-state index is 0.00890. The third-order valence-electron chi connectivity index (χ3n) is 3.82. The molecule has 3 rings (SSSR count). The summed E-state index contributed by atoms with van der Waals surface area (Å²) in [5, 5.41) is 10.9. The van der Waals surface area contributed by atoms with Gasteiger partial charge < -0.3 is 13.9 Å². The van der Waals surface area contributed by atoms with E-state index in [4.69, 9.17) is 13.9 Å². The molecule has 2 aromatic carbocycles. The Morgan fingerprint density at radius 1 is 1.00 bits per heavy atom. The average molecular weight is 429 g/mol. The monoisotopic (exact) mass is 429 g/mol. The quantitative estimate of drug-likeness (QED) is 0.415. The van der Waals surface area contributed by atoms with Crippen molar-refractivity contribution in [2.24, 2.45) is 0 Å². The number of nitrogens with one attached hydrogen (secondary N) is 2. The number of nitro groups is 1. The first-order valence-electron chi connectivity index (χ1n) is 8.85. The lowest BCUT2D eigenvalue weighted by Crippen LogP contribution is -2.43. The number of para-hydroxylation sites is 2. The molecular formula is C20H16FN3O7. The van der Waals surface area contributed by atoms with Crippen LogP contribution >= 0.6 is 0 Å². The zero-order valence-electron chi connectivity index (χ0n) is 15.9. The summed E-state index contributed by atoms with van der Waals surface area (Å²) in [4.78, 5) is 34.2. The Labute approximate surface area is 174 Å². The van der Waals surface area contributed by atoms with Gasteiger partial charge in [-0.25, -0.2) is 4.39 Å². The predicted octanol–water partition coefficient (Wildman–Crippen LogP) is 2.75. The molecule has 0 fully saturated rings. The van der Waals surface area contributed by atoms with Gasteiger partial charge in [0.15, 0.2) is 18.1 Å². The zero-order valence-corrected chi connectivity index (χ0v) is 15.9. The number of amides is 2. The fraction of sp³-hybridized carbons (Fsp3) is 0.100. The molecule has 0 aliphatic heterocycles. The second kappa shape index (κ2) is 9.87. The maximum atomic E-state index is 12.9. The van der Waals surface area contributed by atoms with E-state index in [0.29, 0.717) is 11.5 Å². The first-order valence-corrected chi connectivity index (χ1v) is 8.85. The minimum Gasteiger partial charge on any atom is -0.486 e. The molecule has 1 aromatic heterocycles. The number of rotatable bonds is 8. The van der Waals surface area contributed by atoms with Crippen LogP contribution in [0.3, 0.4) is 0 Å². The summed E-state index contributed by atoms with van der Waals surface area (Å²) >= 11 is 0. The van der Waals surface area contributed by atoms with Crippen molar-refractivity contribution in [3.63, 3.8) is 0 Å². The number of ether oxygens (including phenoxy) is 2. The third kappa shape index (κ3) is 6.03. The van der Waals surface area contributed by atoms with Crippen LogP contribution in [-0.4, -0.2) is 23.3 Å². The normalized spacial score (nSPS) is 10.2. The highest BCUT2D eigenvalue weighted by molar-refractivity contribution is 5.93. The lowest BCUT2D eigenvalue weighted by molar-refractivity contribution is -0.385. The summed E-state index contributed by atoms with van der Waals surface area (Å²) in [6, 6.07) is 13.9. The number of carbonyl (C=O) groups is 2. The molecular weight excluding hydrogens is 413 g/mol. The molecule has 0 saturated heterocycles. The Morgan fingerprint density at radius 3 is 2.48 bits per heavy atom. The number of hydrogen-bond acceptors (Lipinski definition) is 7. The lowest BCUT2D eigenvalue weighted by Gasteiger charge is -2.08. The van der Waals surface area contributed by atoms with Crippen LogP contribution < -0.4 is 20.3 Å². The van der Waals surface area contributed by atoms with Gasteiger partial charge in [-0.2, -0.15) is 0 Å². The van der Waals surface area contributed by atoms with E-state index in [1.807, 2.05) is 0 Å². The van der Waals surface area contributed by atoms with E-state index in [9.17, 15) is 24.1 Å². The molecule has 0 radical (unpaired) electrons. The predicted molar refractivity (Wildman–Crippen MR) is 104 cm³/mol. The summed E-state index contributed by atoms with van der Waals surface area (Å²) in [5.41, 5.74) is 3.96. The van der Waals surface area contributed by atoms with E-state index in [1.54, 1.807) is 0 Å². The van der Waals surface area contributed by atoms with Crippen LogP contribution in [0.15, 0.2) is 65.1 Å². The maximum Gasteiger partial charge on any atom is 0.310 e. The van der Waals surface area contributed by atoms with Crippen LogP contribution in [0.25, 0.3) is 0 Å². The van der Waals surface area contributed by atoms with Crippen molar-refractivity contribution in [1.82, 2.24) is 10.9 Å². The molecule has 0 saturated carbocycles. The molecule has 10 nitrogen and oxygen atoms in total. The van der Waals surface area contributed by atoms with E-state index >= 15 is 0 Å². The average Bonchev–Trinajstić information content (AvgIpc) is 3.25. The van der Waals surface area contributed by atoms with Crippen molar-refractivity contribution in [2.45, 2.75) is 6.61 Å². The molecule has 160 valence electrons. The molecule has 31 heavy (non-hydrogen) atoms. The van der Waals surface area contributed by atoms with Crippen LogP contribution in [0.4, 0.5) is 10.1 Å². The number of benzene rings is 2. The number of hydrogen-bond donors (Lipinski definition) is 2. The maximum absolute atomic E-state index is 12.9. The first kappa shape index (κ1) is 21.3. The second-order valence-electron chi connectivity index (χ2n) is 6.02. The van der Waals surface area contributed by atoms with Crippen molar-refractivity contribution in [3.8, 4) is 11.5 Å². The fourth-order valence-corrected chi connectivity index (χ4v) is 2.36. The van der Waals surface area contributed by atoms with Crippen molar-refractivity contribution in [1.29, 1.82) is 0 Å². The molecule has 0 unspecified atom stereocenters. The van der Waals surface area contributed by atoms with Crippen LogP contribution in [0, 0.1) is 15.9 Å². The standard InChI is InChI=1S/C20H16FN3O7/c21-13-5-7-14(8-6-13)29-11-15-9-10-18(31-15)20(26)23-22-19(25)12-30-17-4-2-1-3-16(17)24(27)28/h1-10H,11-12H2,(H,22,25)(H,23,26). The van der Waals surface area contributed by atoms with Gasteiger partial charge in [0.2, 0.25) is 0 Å². The van der Waals surface area contributed by atoms with E-state index in [2.05, 4.69) is 10.9 Å². The summed E-state index contributed by atoms with van der Waals surface area (Å²) in [7, 11) is 0. The Balaban J connectivity index is 1.45. The van der Waals surface area contributed by atoms with E-state index < -0.39 is 29.2 Å². The molecule has 0 bridgehead atoms. The van der Waals surface area contributed by atoms with Gasteiger partial charge in [0.05, 0.1) is 4.92 Å². The van der Waals surface area contributed by atoms with Gasteiger partial charge in [-0.1, -0.05) is 12.1 Å². The number of hydrazine groups is 1. The minimum atomic E-state index is -0.738. The molecule has 11 heteroatoms. The largest absolute Gasteiger partial charge is 0.486 e. The number of furan rings is 1. The Morgan fingerprint density at radius 2 is 1.74 bits per heavy atom. The zero-order chi connectivity index (χ0) is 22.2. The summed E-state index contributed by atoms with van der Waals surface area (Å²) in [6.07, 6.45) is 0. The first-order chi connectivity index (χ1) is 14.9. The molecule has 1 heterocycles. The van der Waals surface area contributed by atoms with Crippen LogP contribution in [0.1, 0.15) is 16.3 Å². The number of carbonyl (C=O) groups excluding carboxylic acids is 2. The highest BCUT2D eigenvalue weighted by Crippen LogP contribution is 2.25. The van der Waals surface area contributed by atoms with E-state index in [0.717, 1.165) is 0 Å². The van der Waals surface area contributed by atoms with Crippen LogP contribution in [0.5, 0.6) is 11.5 Å². The van der Waals surface area contributed by atoms with Crippen molar-refractivity contribution >= 4 is 17.5 Å². The van der Waals surface area contributed by atoms with Crippen LogP contribution in [0.2, 0.25) is 0 Å². The van der Waals surface area contributed by atoms with Gasteiger partial charge in [-0.3, -0.25) is 30.6 Å². The topological polar surface area (TPSA) is 133 Å². The number of halogens is 1. The Kier molecular flexibility index (Phi) is 6.78. The van der Waals surface area contributed by atoms with Gasteiger partial charge in [0.1, 0.15) is 23.9 Å². The van der Waals surface area contributed by atoms with Gasteiger partial charge in [0.25, 0.3) is 5.91 Å². The molecule has 0 aliphatic rings. The summed E-state index contributed by atoms with van der Waals surface area (Å²) in [5.74, 6) is -1.26. The molecule has 2 N–H and O–H groups in total. The smallest absolute Gasteiger partial charge is 0.310 e. The fourth-order valence-electron chi connectivity index (χ4n) is 2.36. The van der Waals surface area contributed by atoms with Gasteiger partial charge in [0, 0.05) is 6.07 Å². The Bertz CT molecular complexity index is 1080. The highest BCUT2D eigenvalue weighted by Gasteiger charge is 2.16. The third-order valence-corrected chi connectivity index (χ3v) is 3.82. The molecule has 0 atom stereocenters. The van der Waals surface area contributed by atoms with Gasteiger partial charge in [-0.15, -0.1) is 0 Å². The molecule has 3 aromatic rings. The Hall–Kier alpha value is -4.41. The SMILES string of the molecule is O=C(COc1ccccc1[N+](=O)[O-])NNC(=O)c1ccc(COc2ccc(F)cc2)o1. The van der Waals surface area contributed by atoms with Crippen molar-refractivity contribution < 1.29 is 32.8 Å². The second-order valence-corrected chi connectivity index (χ2v) is 6.02. The summed E-state index contributed by atoms with van der Waals surface area (Å²) in [6.45, 7) is -0.547. The highest BCUT2D eigenvalue weighted by atomic mass is 19.1. The molecule has 2 amide bonds. The number of nitrogens with zero attached hydrogens (tertiary/aromatic N) is 1. The van der Waals surface area contributed by atoms with Crippen molar-refractivity contribution in [3.05, 3.63) is 88.1 Å². The van der Waals surface area contributed by atoms with Crippen LogP contribution in [-0.2, 0) is 11.4 Å². The van der Waals surface area contributed by atoms with E-state index in [1.165, 1.54) is 60.7 Å². The van der Waals surface area contributed by atoms with Gasteiger partial charge >= 0.3 is 11.6 Å².